The number of benzene rings is 2. The molecule has 0 aliphatic carbocycles. The molecule has 7 heteroatoms. The number of sulfonamides is 1. The fraction of sp³-hybridized carbons (Fsp3) is 0.250. The van der Waals surface area contributed by atoms with Gasteiger partial charge < -0.3 is 9.84 Å². The molecule has 5 nitrogen and oxygen atoms in total. The summed E-state index contributed by atoms with van der Waals surface area (Å²) in [6.07, 6.45) is -0.587. The first-order valence-electron chi connectivity index (χ1n) is 6.97. The van der Waals surface area contributed by atoms with Gasteiger partial charge in [0.05, 0.1) is 13.2 Å². The van der Waals surface area contributed by atoms with E-state index in [0.717, 1.165) is 17.7 Å². The fourth-order valence-electron chi connectivity index (χ4n) is 2.10. The largest absolute Gasteiger partial charge is 0.495 e. The van der Waals surface area contributed by atoms with Crippen molar-refractivity contribution >= 4 is 10.0 Å². The summed E-state index contributed by atoms with van der Waals surface area (Å²) in [6, 6.07) is 12.4. The second-order valence-electron chi connectivity index (χ2n) is 4.99. The van der Waals surface area contributed by atoms with Crippen LogP contribution in [0.1, 0.15) is 5.56 Å². The van der Waals surface area contributed by atoms with Crippen LogP contribution in [0, 0.1) is 5.82 Å². The van der Waals surface area contributed by atoms with Gasteiger partial charge in [-0.3, -0.25) is 0 Å². The first-order chi connectivity index (χ1) is 10.9. The summed E-state index contributed by atoms with van der Waals surface area (Å²) in [4.78, 5) is -0.299. The molecule has 2 aromatic carbocycles. The van der Waals surface area contributed by atoms with E-state index in [4.69, 9.17) is 4.74 Å². The standard InChI is InChI=1S/C16H18FNO4S/c1-22-15-8-7-13(17)10-16(15)23(20,21)18-11-14(19)9-12-5-3-2-4-6-12/h2-8,10,14,18-19H,9,11H2,1H3. The van der Waals surface area contributed by atoms with E-state index in [1.807, 2.05) is 30.3 Å². The second kappa shape index (κ2) is 7.54. The lowest BCUT2D eigenvalue weighted by Gasteiger charge is -2.14. The van der Waals surface area contributed by atoms with Gasteiger partial charge in [0.25, 0.3) is 0 Å². The van der Waals surface area contributed by atoms with Crippen LogP contribution in [0.2, 0.25) is 0 Å². The van der Waals surface area contributed by atoms with E-state index in [1.54, 1.807) is 0 Å². The van der Waals surface area contributed by atoms with Crippen LogP contribution in [0.15, 0.2) is 53.4 Å². The number of hydrogen-bond donors (Lipinski definition) is 2. The van der Waals surface area contributed by atoms with Crippen molar-refractivity contribution in [2.45, 2.75) is 17.4 Å². The van der Waals surface area contributed by atoms with Crippen LogP contribution < -0.4 is 9.46 Å². The van der Waals surface area contributed by atoms with Crippen LogP contribution in [0.5, 0.6) is 5.75 Å². The lowest BCUT2D eigenvalue weighted by molar-refractivity contribution is 0.179. The van der Waals surface area contributed by atoms with Crippen LogP contribution in [0.4, 0.5) is 4.39 Å². The Balaban J connectivity index is 2.05. The number of aliphatic hydroxyl groups is 1. The molecule has 0 bridgehead atoms. The summed E-state index contributed by atoms with van der Waals surface area (Å²) in [5, 5.41) is 9.96. The Labute approximate surface area is 134 Å². The van der Waals surface area contributed by atoms with Crippen molar-refractivity contribution in [3.05, 3.63) is 59.9 Å². The molecule has 0 heterocycles. The van der Waals surface area contributed by atoms with Crippen LogP contribution >= 0.6 is 0 Å². The third-order valence-electron chi connectivity index (χ3n) is 3.24. The highest BCUT2D eigenvalue weighted by atomic mass is 32.2. The van der Waals surface area contributed by atoms with Gasteiger partial charge in [-0.2, -0.15) is 0 Å². The van der Waals surface area contributed by atoms with Gasteiger partial charge in [0.1, 0.15) is 16.5 Å². The van der Waals surface area contributed by atoms with E-state index in [9.17, 15) is 17.9 Å². The number of methoxy groups -OCH3 is 1. The molecule has 0 spiro atoms. The van der Waals surface area contributed by atoms with Crippen LogP contribution in [-0.2, 0) is 16.4 Å². The maximum absolute atomic E-state index is 13.3. The Morgan fingerprint density at radius 2 is 1.91 bits per heavy atom. The predicted octanol–water partition coefficient (Wildman–Crippen LogP) is 1.72. The first-order valence-corrected chi connectivity index (χ1v) is 8.46. The number of nitrogens with one attached hydrogen (secondary N) is 1. The van der Waals surface area contributed by atoms with Gasteiger partial charge in [-0.1, -0.05) is 30.3 Å². The Kier molecular flexibility index (Phi) is 5.70. The summed E-state index contributed by atoms with van der Waals surface area (Å²) >= 11 is 0. The van der Waals surface area contributed by atoms with Crippen LogP contribution in [-0.4, -0.2) is 33.3 Å². The number of hydrogen-bond acceptors (Lipinski definition) is 4. The molecule has 2 aromatic rings. The van der Waals surface area contributed by atoms with Crippen molar-refractivity contribution in [2.24, 2.45) is 0 Å². The topological polar surface area (TPSA) is 75.6 Å². The second-order valence-corrected chi connectivity index (χ2v) is 6.73. The van der Waals surface area contributed by atoms with Crippen molar-refractivity contribution in [1.82, 2.24) is 4.72 Å². The molecule has 0 saturated heterocycles. The van der Waals surface area contributed by atoms with Gasteiger partial charge >= 0.3 is 0 Å². The highest BCUT2D eigenvalue weighted by Crippen LogP contribution is 2.24. The normalized spacial score (nSPS) is 12.8. The van der Waals surface area contributed by atoms with E-state index >= 15 is 0 Å². The molecular formula is C16H18FNO4S. The lowest BCUT2D eigenvalue weighted by Crippen LogP contribution is -2.33. The SMILES string of the molecule is COc1ccc(F)cc1S(=O)(=O)NCC(O)Cc1ccccc1. The summed E-state index contributed by atoms with van der Waals surface area (Å²) in [5.41, 5.74) is 0.891. The Hall–Kier alpha value is -1.96. The van der Waals surface area contributed by atoms with E-state index < -0.39 is 21.9 Å². The molecule has 2 rings (SSSR count). The molecule has 0 fully saturated rings. The van der Waals surface area contributed by atoms with Gasteiger partial charge in [-0.15, -0.1) is 0 Å². The minimum absolute atomic E-state index is 0.0384. The smallest absolute Gasteiger partial charge is 0.244 e. The maximum atomic E-state index is 13.3. The average Bonchev–Trinajstić information content (AvgIpc) is 2.54. The van der Waals surface area contributed by atoms with Gasteiger partial charge in [-0.25, -0.2) is 17.5 Å². The lowest BCUT2D eigenvalue weighted by atomic mass is 10.1. The molecule has 1 unspecified atom stereocenters. The van der Waals surface area contributed by atoms with E-state index in [0.29, 0.717) is 6.42 Å². The van der Waals surface area contributed by atoms with Gasteiger partial charge in [0, 0.05) is 6.54 Å². The zero-order valence-corrected chi connectivity index (χ0v) is 13.4. The third kappa shape index (κ3) is 4.75. The van der Waals surface area contributed by atoms with Crippen molar-refractivity contribution in [2.75, 3.05) is 13.7 Å². The molecule has 1 atom stereocenters. The summed E-state index contributed by atoms with van der Waals surface area (Å²) in [7, 11) is -2.69. The number of ether oxygens (including phenoxy) is 1. The van der Waals surface area contributed by atoms with Gasteiger partial charge in [0.2, 0.25) is 10.0 Å². The Bertz CT molecular complexity index is 750. The Morgan fingerprint density at radius 1 is 1.22 bits per heavy atom. The van der Waals surface area contributed by atoms with Gasteiger partial charge in [-0.05, 0) is 30.2 Å². The quantitative estimate of drug-likeness (QED) is 0.805. The predicted molar refractivity (Wildman–Crippen MR) is 84.3 cm³/mol. The molecule has 0 aliphatic rings. The number of aliphatic hydroxyl groups excluding tert-OH is 1. The monoisotopic (exact) mass is 339 g/mol. The molecule has 0 amide bonds. The maximum Gasteiger partial charge on any atom is 0.244 e. The summed E-state index contributed by atoms with van der Waals surface area (Å²) < 4.78 is 45.0. The summed E-state index contributed by atoms with van der Waals surface area (Å²) in [6.45, 7) is -0.184. The molecule has 0 saturated carbocycles. The first kappa shape index (κ1) is 17.4. The molecule has 0 radical (unpaired) electrons. The fourth-order valence-corrected chi connectivity index (χ4v) is 3.35. The van der Waals surface area contributed by atoms with E-state index in [1.165, 1.54) is 13.2 Å². The molecule has 0 aliphatic heterocycles. The third-order valence-corrected chi connectivity index (χ3v) is 4.68. The van der Waals surface area contributed by atoms with Crippen molar-refractivity contribution in [1.29, 1.82) is 0 Å². The molecular weight excluding hydrogens is 321 g/mol. The molecule has 124 valence electrons. The summed E-state index contributed by atoms with van der Waals surface area (Å²) in [5.74, 6) is -0.646. The Morgan fingerprint density at radius 3 is 2.57 bits per heavy atom. The van der Waals surface area contributed by atoms with Crippen molar-refractivity contribution < 1.29 is 22.7 Å². The zero-order chi connectivity index (χ0) is 16.9. The minimum atomic E-state index is -3.99. The number of rotatable bonds is 7. The molecule has 23 heavy (non-hydrogen) atoms. The van der Waals surface area contributed by atoms with E-state index in [2.05, 4.69) is 4.72 Å². The minimum Gasteiger partial charge on any atom is -0.495 e. The van der Waals surface area contributed by atoms with Crippen LogP contribution in [0.3, 0.4) is 0 Å². The van der Waals surface area contributed by atoms with E-state index in [-0.39, 0.29) is 17.2 Å². The average molecular weight is 339 g/mol. The zero-order valence-electron chi connectivity index (χ0n) is 12.6. The van der Waals surface area contributed by atoms with Crippen molar-refractivity contribution in [3.63, 3.8) is 0 Å². The molecule has 2 N–H and O–H groups in total. The van der Waals surface area contributed by atoms with Crippen LogP contribution in [0.25, 0.3) is 0 Å². The molecule has 0 aromatic heterocycles. The highest BCUT2D eigenvalue weighted by molar-refractivity contribution is 7.89. The van der Waals surface area contributed by atoms with Gasteiger partial charge in [0.15, 0.2) is 0 Å². The highest BCUT2D eigenvalue weighted by Gasteiger charge is 2.21. The van der Waals surface area contributed by atoms with Crippen molar-refractivity contribution in [3.8, 4) is 5.75 Å². The number of halogens is 1.